The molecule has 132 valence electrons. The predicted molar refractivity (Wildman–Crippen MR) is 98.0 cm³/mol. The van der Waals surface area contributed by atoms with Crippen LogP contribution in [0.2, 0.25) is 5.02 Å². The minimum absolute atomic E-state index is 0.162. The van der Waals surface area contributed by atoms with Gasteiger partial charge in [-0.1, -0.05) is 24.6 Å². The number of benzene rings is 1. The SMILES string of the molecule is CC1CCCN(C(=O)CNc2cccc(Cl)c2N2CCOCC2)C1. The molecule has 0 saturated carbocycles. The molecule has 2 aliphatic heterocycles. The topological polar surface area (TPSA) is 44.8 Å². The number of rotatable bonds is 4. The molecule has 2 fully saturated rings. The van der Waals surface area contributed by atoms with Gasteiger partial charge in [0.1, 0.15) is 0 Å². The number of likely N-dealkylation sites (tertiary alicyclic amines) is 1. The highest BCUT2D eigenvalue weighted by molar-refractivity contribution is 6.34. The number of hydrogen-bond acceptors (Lipinski definition) is 4. The molecule has 24 heavy (non-hydrogen) atoms. The molecule has 0 spiro atoms. The summed E-state index contributed by atoms with van der Waals surface area (Å²) in [6.07, 6.45) is 2.32. The molecule has 5 nitrogen and oxygen atoms in total. The molecule has 3 rings (SSSR count). The van der Waals surface area contributed by atoms with Crippen molar-refractivity contribution in [1.29, 1.82) is 0 Å². The van der Waals surface area contributed by atoms with Crippen LogP contribution in [0.3, 0.4) is 0 Å². The minimum Gasteiger partial charge on any atom is -0.378 e. The third kappa shape index (κ3) is 4.14. The number of anilines is 2. The Labute approximate surface area is 148 Å². The van der Waals surface area contributed by atoms with Crippen LogP contribution in [0.4, 0.5) is 11.4 Å². The normalized spacial score (nSPS) is 21.7. The van der Waals surface area contributed by atoms with E-state index in [0.717, 1.165) is 44.0 Å². The Morgan fingerprint density at radius 3 is 2.88 bits per heavy atom. The van der Waals surface area contributed by atoms with Crippen molar-refractivity contribution in [3.63, 3.8) is 0 Å². The van der Waals surface area contributed by atoms with E-state index >= 15 is 0 Å². The number of para-hydroxylation sites is 1. The summed E-state index contributed by atoms with van der Waals surface area (Å²) in [5.41, 5.74) is 1.89. The summed E-state index contributed by atoms with van der Waals surface area (Å²) in [6, 6.07) is 5.80. The van der Waals surface area contributed by atoms with Crippen molar-refractivity contribution in [3.8, 4) is 0 Å². The van der Waals surface area contributed by atoms with E-state index in [4.69, 9.17) is 16.3 Å². The fourth-order valence-corrected chi connectivity index (χ4v) is 3.76. The number of hydrogen-bond donors (Lipinski definition) is 1. The highest BCUT2D eigenvalue weighted by atomic mass is 35.5. The molecule has 6 heteroatoms. The smallest absolute Gasteiger partial charge is 0.241 e. The molecule has 2 saturated heterocycles. The Balaban J connectivity index is 1.66. The van der Waals surface area contributed by atoms with Crippen LogP contribution >= 0.6 is 11.6 Å². The van der Waals surface area contributed by atoms with Crippen molar-refractivity contribution >= 4 is 28.9 Å². The van der Waals surface area contributed by atoms with Crippen molar-refractivity contribution in [2.24, 2.45) is 5.92 Å². The third-order valence-electron chi connectivity index (χ3n) is 4.75. The van der Waals surface area contributed by atoms with Gasteiger partial charge in [-0.3, -0.25) is 4.79 Å². The van der Waals surface area contributed by atoms with Crippen LogP contribution < -0.4 is 10.2 Å². The Morgan fingerprint density at radius 2 is 2.12 bits per heavy atom. The van der Waals surface area contributed by atoms with Crippen LogP contribution in [0.25, 0.3) is 0 Å². The van der Waals surface area contributed by atoms with Gasteiger partial charge in [0.15, 0.2) is 0 Å². The Kier molecular flexibility index (Phi) is 5.85. The zero-order valence-electron chi connectivity index (χ0n) is 14.3. The summed E-state index contributed by atoms with van der Waals surface area (Å²) in [6.45, 7) is 7.30. The van der Waals surface area contributed by atoms with E-state index in [9.17, 15) is 4.79 Å². The maximum absolute atomic E-state index is 12.5. The van der Waals surface area contributed by atoms with Gasteiger partial charge >= 0.3 is 0 Å². The second kappa shape index (κ2) is 8.08. The van der Waals surface area contributed by atoms with Gasteiger partial charge < -0.3 is 19.9 Å². The second-order valence-corrected chi connectivity index (χ2v) is 7.08. The maximum atomic E-state index is 12.5. The van der Waals surface area contributed by atoms with Gasteiger partial charge in [0.25, 0.3) is 0 Å². The number of carbonyl (C=O) groups is 1. The van der Waals surface area contributed by atoms with Gasteiger partial charge in [-0.25, -0.2) is 0 Å². The van der Waals surface area contributed by atoms with E-state index in [2.05, 4.69) is 17.1 Å². The van der Waals surface area contributed by atoms with Crippen LogP contribution in [0, 0.1) is 5.92 Å². The first-order chi connectivity index (χ1) is 11.6. The van der Waals surface area contributed by atoms with E-state index in [1.807, 2.05) is 23.1 Å². The van der Waals surface area contributed by atoms with Crippen molar-refractivity contribution in [3.05, 3.63) is 23.2 Å². The lowest BCUT2D eigenvalue weighted by Crippen LogP contribution is -2.42. The Bertz CT molecular complexity index is 575. The van der Waals surface area contributed by atoms with E-state index < -0.39 is 0 Å². The van der Waals surface area contributed by atoms with Gasteiger partial charge in [-0.15, -0.1) is 0 Å². The van der Waals surface area contributed by atoms with Crippen molar-refractivity contribution in [1.82, 2.24) is 4.90 Å². The molecule has 1 aromatic carbocycles. The Hall–Kier alpha value is -1.46. The van der Waals surface area contributed by atoms with Crippen molar-refractivity contribution in [2.45, 2.75) is 19.8 Å². The summed E-state index contributed by atoms with van der Waals surface area (Å²) in [5.74, 6) is 0.757. The standard InChI is InChI=1S/C18H26ClN3O2/c1-14-4-3-7-22(13-14)17(23)12-20-16-6-2-5-15(19)18(16)21-8-10-24-11-9-21/h2,5-6,14,20H,3-4,7-13H2,1H3. The first kappa shape index (κ1) is 17.4. The highest BCUT2D eigenvalue weighted by Crippen LogP contribution is 2.34. The fraction of sp³-hybridized carbons (Fsp3) is 0.611. The van der Waals surface area contributed by atoms with Crippen LogP contribution in [0.15, 0.2) is 18.2 Å². The van der Waals surface area contributed by atoms with Crippen LogP contribution in [0.1, 0.15) is 19.8 Å². The number of amides is 1. The van der Waals surface area contributed by atoms with Gasteiger partial charge in [0, 0.05) is 26.2 Å². The Morgan fingerprint density at radius 1 is 1.33 bits per heavy atom. The molecule has 1 amide bonds. The molecule has 0 aromatic heterocycles. The largest absolute Gasteiger partial charge is 0.378 e. The maximum Gasteiger partial charge on any atom is 0.241 e. The fourth-order valence-electron chi connectivity index (χ4n) is 3.46. The molecular formula is C18H26ClN3O2. The average Bonchev–Trinajstić information content (AvgIpc) is 2.60. The minimum atomic E-state index is 0.162. The molecule has 0 radical (unpaired) electrons. The number of nitrogens with one attached hydrogen (secondary N) is 1. The monoisotopic (exact) mass is 351 g/mol. The number of morpholine rings is 1. The molecule has 2 heterocycles. The summed E-state index contributed by atoms with van der Waals surface area (Å²) < 4.78 is 5.42. The lowest BCUT2D eigenvalue weighted by Gasteiger charge is -2.33. The number of ether oxygens (including phenoxy) is 1. The number of halogens is 1. The molecule has 0 aliphatic carbocycles. The zero-order chi connectivity index (χ0) is 16.9. The molecule has 1 unspecified atom stereocenters. The van der Waals surface area contributed by atoms with Gasteiger partial charge in [-0.2, -0.15) is 0 Å². The first-order valence-corrected chi connectivity index (χ1v) is 9.16. The number of nitrogens with zero attached hydrogens (tertiary/aromatic N) is 2. The van der Waals surface area contributed by atoms with Gasteiger partial charge in [-0.05, 0) is 30.9 Å². The summed E-state index contributed by atoms with van der Waals surface area (Å²) >= 11 is 6.43. The van der Waals surface area contributed by atoms with Crippen molar-refractivity contribution in [2.75, 3.05) is 56.2 Å². The zero-order valence-corrected chi connectivity index (χ0v) is 15.0. The van der Waals surface area contributed by atoms with Crippen LogP contribution in [-0.4, -0.2) is 56.7 Å². The average molecular weight is 352 g/mol. The quantitative estimate of drug-likeness (QED) is 0.906. The molecule has 0 bridgehead atoms. The first-order valence-electron chi connectivity index (χ1n) is 8.78. The predicted octanol–water partition coefficient (Wildman–Crippen LogP) is 2.85. The second-order valence-electron chi connectivity index (χ2n) is 6.68. The van der Waals surface area contributed by atoms with E-state index in [1.54, 1.807) is 0 Å². The van der Waals surface area contributed by atoms with E-state index in [-0.39, 0.29) is 5.91 Å². The number of carbonyl (C=O) groups excluding carboxylic acids is 1. The molecule has 1 N–H and O–H groups in total. The van der Waals surface area contributed by atoms with Crippen LogP contribution in [-0.2, 0) is 9.53 Å². The van der Waals surface area contributed by atoms with Gasteiger partial charge in [0.2, 0.25) is 5.91 Å². The molecule has 2 aliphatic rings. The van der Waals surface area contributed by atoms with E-state index in [0.29, 0.717) is 30.7 Å². The summed E-state index contributed by atoms with van der Waals surface area (Å²) in [4.78, 5) is 16.7. The number of piperidine rings is 1. The highest BCUT2D eigenvalue weighted by Gasteiger charge is 2.22. The molecule has 1 aromatic rings. The lowest BCUT2D eigenvalue weighted by molar-refractivity contribution is -0.130. The third-order valence-corrected chi connectivity index (χ3v) is 5.06. The summed E-state index contributed by atoms with van der Waals surface area (Å²) in [5, 5.41) is 4.01. The van der Waals surface area contributed by atoms with Gasteiger partial charge in [0.05, 0.1) is 36.2 Å². The van der Waals surface area contributed by atoms with Crippen molar-refractivity contribution < 1.29 is 9.53 Å². The van der Waals surface area contributed by atoms with E-state index in [1.165, 1.54) is 6.42 Å². The van der Waals surface area contributed by atoms with Crippen LogP contribution in [0.5, 0.6) is 0 Å². The summed E-state index contributed by atoms with van der Waals surface area (Å²) in [7, 11) is 0. The lowest BCUT2D eigenvalue weighted by atomic mass is 10.0. The molecule has 1 atom stereocenters. The molecular weight excluding hydrogens is 326 g/mol.